The molecule has 28 heavy (non-hydrogen) atoms. The van der Waals surface area contributed by atoms with Gasteiger partial charge >= 0.3 is 0 Å². The molecule has 1 N–H and O–H groups in total. The second kappa shape index (κ2) is 7.15. The van der Waals surface area contributed by atoms with Gasteiger partial charge in [0.05, 0.1) is 0 Å². The Balaban J connectivity index is 1.60. The van der Waals surface area contributed by atoms with Crippen molar-refractivity contribution in [3.63, 3.8) is 0 Å². The Morgan fingerprint density at radius 3 is 2.79 bits per heavy atom. The van der Waals surface area contributed by atoms with E-state index < -0.39 is 0 Å². The maximum absolute atomic E-state index is 14.6. The molecule has 2 aromatic heterocycles. The van der Waals surface area contributed by atoms with E-state index in [1.54, 1.807) is 24.5 Å². The van der Waals surface area contributed by atoms with Crippen molar-refractivity contribution in [2.24, 2.45) is 5.41 Å². The summed E-state index contributed by atoms with van der Waals surface area (Å²) >= 11 is 0. The normalized spacial score (nSPS) is 17.6. The Hall–Kier alpha value is -3.08. The highest BCUT2D eigenvalue weighted by atomic mass is 19.1. The van der Waals surface area contributed by atoms with Gasteiger partial charge in [-0.15, -0.1) is 0 Å². The van der Waals surface area contributed by atoms with Crippen LogP contribution in [0.3, 0.4) is 0 Å². The number of hydrogen-bond acceptors (Lipinski definition) is 4. The van der Waals surface area contributed by atoms with E-state index in [1.807, 2.05) is 24.3 Å². The molecule has 1 aliphatic rings. The van der Waals surface area contributed by atoms with E-state index in [0.29, 0.717) is 17.1 Å². The van der Waals surface area contributed by atoms with Gasteiger partial charge in [0.1, 0.15) is 17.9 Å². The highest BCUT2D eigenvalue weighted by molar-refractivity contribution is 5.68. The van der Waals surface area contributed by atoms with E-state index in [4.69, 9.17) is 4.98 Å². The number of fused-ring (bicyclic) bond motifs is 1. The van der Waals surface area contributed by atoms with E-state index in [-0.39, 0.29) is 17.2 Å². The van der Waals surface area contributed by atoms with E-state index in [1.165, 1.54) is 6.07 Å². The summed E-state index contributed by atoms with van der Waals surface area (Å²) in [5, 5.41) is 3.18. The van der Waals surface area contributed by atoms with Crippen LogP contribution in [0.15, 0.2) is 54.9 Å². The number of nitrogens with one attached hydrogen (secondary N) is 1. The molecule has 0 fully saturated rings. The minimum absolute atomic E-state index is 0.0294. The number of carbonyl (C=O) groups is 1. The lowest BCUT2D eigenvalue weighted by Gasteiger charge is -2.34. The van der Waals surface area contributed by atoms with Gasteiger partial charge in [0.2, 0.25) is 0 Å². The monoisotopic (exact) mass is 375 g/mol. The van der Waals surface area contributed by atoms with Crippen LogP contribution in [-0.4, -0.2) is 16.3 Å². The summed E-state index contributed by atoms with van der Waals surface area (Å²) in [5.41, 5.74) is 3.83. The molecule has 0 aliphatic heterocycles. The third kappa shape index (κ3) is 3.65. The fourth-order valence-electron chi connectivity index (χ4n) is 3.91. The van der Waals surface area contributed by atoms with Crippen molar-refractivity contribution in [2.75, 3.05) is 5.32 Å². The minimum atomic E-state index is -0.321. The summed E-state index contributed by atoms with van der Waals surface area (Å²) in [6, 6.07) is 12.4. The lowest BCUT2D eigenvalue weighted by molar-refractivity contribution is -0.109. The second-order valence-electron chi connectivity index (χ2n) is 8.08. The molecule has 3 aromatic rings. The number of aldehydes is 1. The third-order valence-electron chi connectivity index (χ3n) is 5.21. The van der Waals surface area contributed by atoms with Crippen LogP contribution in [0.1, 0.15) is 37.4 Å². The molecule has 1 aromatic carbocycles. The van der Waals surface area contributed by atoms with Gasteiger partial charge in [0.15, 0.2) is 0 Å². The van der Waals surface area contributed by atoms with Crippen LogP contribution < -0.4 is 5.32 Å². The Morgan fingerprint density at radius 1 is 1.21 bits per heavy atom. The number of rotatable bonds is 4. The first kappa shape index (κ1) is 18.3. The standard InChI is InChI=1S/C23H22FN3O/c1-23(2)11-16(14-28)19-7-8-22(27-21(19)12-23)26-17-5-6-18(20(24)10-17)15-4-3-9-25-13-15/h3-10,13-14,16H,11-12H2,1-2H3,(H,26,27). The largest absolute Gasteiger partial charge is 0.340 e. The zero-order chi connectivity index (χ0) is 19.7. The van der Waals surface area contributed by atoms with Gasteiger partial charge in [-0.1, -0.05) is 26.0 Å². The van der Waals surface area contributed by atoms with Crippen molar-refractivity contribution in [3.05, 3.63) is 71.9 Å². The van der Waals surface area contributed by atoms with Gasteiger partial charge in [0.25, 0.3) is 0 Å². The van der Waals surface area contributed by atoms with Crippen LogP contribution in [0.4, 0.5) is 15.9 Å². The number of nitrogens with zero attached hydrogens (tertiary/aromatic N) is 2. The number of anilines is 2. The quantitative estimate of drug-likeness (QED) is 0.630. The smallest absolute Gasteiger partial charge is 0.133 e. The molecule has 1 unspecified atom stereocenters. The molecule has 0 bridgehead atoms. The first-order chi connectivity index (χ1) is 13.4. The summed E-state index contributed by atoms with van der Waals surface area (Å²) in [7, 11) is 0. The number of aromatic nitrogens is 2. The summed E-state index contributed by atoms with van der Waals surface area (Å²) < 4.78 is 14.6. The Morgan fingerprint density at radius 2 is 2.07 bits per heavy atom. The zero-order valence-electron chi connectivity index (χ0n) is 15.9. The summed E-state index contributed by atoms with van der Waals surface area (Å²) in [5.74, 6) is 0.212. The Bertz CT molecular complexity index is 1020. The van der Waals surface area contributed by atoms with Crippen molar-refractivity contribution in [1.29, 1.82) is 0 Å². The Kier molecular flexibility index (Phi) is 4.67. The average molecular weight is 375 g/mol. The number of benzene rings is 1. The maximum Gasteiger partial charge on any atom is 0.133 e. The maximum atomic E-state index is 14.6. The van der Waals surface area contributed by atoms with Crippen molar-refractivity contribution in [1.82, 2.24) is 9.97 Å². The molecule has 1 atom stereocenters. The van der Waals surface area contributed by atoms with Crippen LogP contribution in [-0.2, 0) is 11.2 Å². The van der Waals surface area contributed by atoms with Crippen molar-refractivity contribution >= 4 is 17.8 Å². The SMILES string of the molecule is CC1(C)Cc2nc(Nc3ccc(-c4cccnc4)c(F)c3)ccc2C(C=O)C1. The van der Waals surface area contributed by atoms with E-state index in [2.05, 4.69) is 24.1 Å². The van der Waals surface area contributed by atoms with Crippen LogP contribution in [0.5, 0.6) is 0 Å². The van der Waals surface area contributed by atoms with E-state index >= 15 is 0 Å². The molecule has 4 nitrogen and oxygen atoms in total. The van der Waals surface area contributed by atoms with Gasteiger partial charge in [-0.3, -0.25) is 4.98 Å². The first-order valence-electron chi connectivity index (χ1n) is 9.37. The topological polar surface area (TPSA) is 54.9 Å². The summed E-state index contributed by atoms with van der Waals surface area (Å²) in [6.45, 7) is 4.31. The third-order valence-corrected chi connectivity index (χ3v) is 5.21. The van der Waals surface area contributed by atoms with Crippen molar-refractivity contribution in [3.8, 4) is 11.1 Å². The lowest BCUT2D eigenvalue weighted by Crippen LogP contribution is -2.27. The van der Waals surface area contributed by atoms with Gasteiger partial charge in [-0.25, -0.2) is 9.37 Å². The molecule has 4 rings (SSSR count). The van der Waals surface area contributed by atoms with Gasteiger partial charge in [-0.05, 0) is 54.2 Å². The fraction of sp³-hybridized carbons (Fsp3) is 0.261. The highest BCUT2D eigenvalue weighted by Crippen LogP contribution is 2.40. The second-order valence-corrected chi connectivity index (χ2v) is 8.08. The van der Waals surface area contributed by atoms with Gasteiger partial charge < -0.3 is 10.1 Å². The number of pyridine rings is 2. The van der Waals surface area contributed by atoms with Crippen molar-refractivity contribution < 1.29 is 9.18 Å². The molecule has 0 amide bonds. The molecule has 0 saturated heterocycles. The molecule has 2 heterocycles. The van der Waals surface area contributed by atoms with Crippen LogP contribution >= 0.6 is 0 Å². The molecule has 0 spiro atoms. The van der Waals surface area contributed by atoms with Gasteiger partial charge in [-0.2, -0.15) is 0 Å². The number of halogens is 1. The molecule has 0 radical (unpaired) electrons. The molecular weight excluding hydrogens is 353 g/mol. The number of hydrogen-bond donors (Lipinski definition) is 1. The number of carbonyl (C=O) groups excluding carboxylic acids is 1. The fourth-order valence-corrected chi connectivity index (χ4v) is 3.91. The predicted octanol–water partition coefficient (Wildman–Crippen LogP) is 5.28. The van der Waals surface area contributed by atoms with Crippen LogP contribution in [0.2, 0.25) is 0 Å². The molecule has 0 saturated carbocycles. The predicted molar refractivity (Wildman–Crippen MR) is 108 cm³/mol. The Labute approximate surface area is 163 Å². The molecule has 5 heteroatoms. The minimum Gasteiger partial charge on any atom is -0.340 e. The first-order valence-corrected chi connectivity index (χ1v) is 9.37. The lowest BCUT2D eigenvalue weighted by atomic mass is 9.71. The molecule has 1 aliphatic carbocycles. The molecule has 142 valence electrons. The summed E-state index contributed by atoms with van der Waals surface area (Å²) in [4.78, 5) is 20.2. The zero-order valence-corrected chi connectivity index (χ0v) is 15.9. The van der Waals surface area contributed by atoms with Crippen molar-refractivity contribution in [2.45, 2.75) is 32.6 Å². The average Bonchev–Trinajstić information content (AvgIpc) is 2.67. The van der Waals surface area contributed by atoms with E-state index in [9.17, 15) is 9.18 Å². The highest BCUT2D eigenvalue weighted by Gasteiger charge is 2.33. The molecular formula is C23H22FN3O. The van der Waals surface area contributed by atoms with Crippen LogP contribution in [0.25, 0.3) is 11.1 Å². The van der Waals surface area contributed by atoms with Crippen LogP contribution in [0, 0.1) is 11.2 Å². The van der Waals surface area contributed by atoms with E-state index in [0.717, 1.165) is 35.9 Å². The van der Waals surface area contributed by atoms with Gasteiger partial charge in [0, 0.05) is 40.8 Å². The summed E-state index contributed by atoms with van der Waals surface area (Å²) in [6.07, 6.45) is 5.97.